The highest BCUT2D eigenvalue weighted by atomic mass is 15.6. The average Bonchev–Trinajstić information content (AvgIpc) is 3.30. The number of rotatable bonds is 4. The first-order valence-electron chi connectivity index (χ1n) is 9.21. The summed E-state index contributed by atoms with van der Waals surface area (Å²) in [5, 5.41) is 2.55. The van der Waals surface area contributed by atoms with E-state index >= 15 is 0 Å². The summed E-state index contributed by atoms with van der Waals surface area (Å²) < 4.78 is 4.56. The molecular weight excluding hydrogens is 306 g/mol. The van der Waals surface area contributed by atoms with E-state index in [0.29, 0.717) is 18.1 Å². The van der Waals surface area contributed by atoms with Gasteiger partial charge in [-0.3, -0.25) is 0 Å². The van der Waals surface area contributed by atoms with Crippen molar-refractivity contribution in [1.82, 2.24) is 4.68 Å². The Bertz CT molecular complexity index is 760. The minimum absolute atomic E-state index is 0.402. The quantitative estimate of drug-likeness (QED) is 0.637. The molecule has 3 heteroatoms. The summed E-state index contributed by atoms with van der Waals surface area (Å²) in [6.45, 7) is 4.44. The molecule has 1 aliphatic heterocycles. The Hall–Kier alpha value is -2.55. The van der Waals surface area contributed by atoms with Crippen LogP contribution < -0.4 is 9.58 Å². The SMILES string of the molecule is CC(C)[n+]1ccn(N2[C@H](c3ccccc3)CC[C@H]2c2ccccc2)c1. The van der Waals surface area contributed by atoms with Gasteiger partial charge >= 0.3 is 0 Å². The van der Waals surface area contributed by atoms with E-state index < -0.39 is 0 Å². The van der Waals surface area contributed by atoms with E-state index in [9.17, 15) is 0 Å². The topological polar surface area (TPSA) is 12.0 Å². The molecule has 1 saturated heterocycles. The van der Waals surface area contributed by atoms with Crippen molar-refractivity contribution in [2.45, 2.75) is 44.8 Å². The molecule has 2 aromatic carbocycles. The number of nitrogens with zero attached hydrogens (tertiary/aromatic N) is 3. The first-order valence-corrected chi connectivity index (χ1v) is 9.21. The summed E-state index contributed by atoms with van der Waals surface area (Å²) >= 11 is 0. The summed E-state index contributed by atoms with van der Waals surface area (Å²) in [5.41, 5.74) is 2.79. The maximum atomic E-state index is 2.55. The third kappa shape index (κ3) is 3.07. The fourth-order valence-electron chi connectivity index (χ4n) is 3.91. The molecule has 4 rings (SSSR count). The molecule has 2 atom stereocenters. The van der Waals surface area contributed by atoms with Gasteiger partial charge in [0.25, 0.3) is 6.33 Å². The van der Waals surface area contributed by atoms with Crippen LogP contribution in [0.15, 0.2) is 79.4 Å². The summed E-state index contributed by atoms with van der Waals surface area (Å²) in [7, 11) is 0. The van der Waals surface area contributed by atoms with Crippen LogP contribution in [0.4, 0.5) is 0 Å². The number of imidazole rings is 1. The summed E-state index contributed by atoms with van der Waals surface area (Å²) in [6.07, 6.45) is 8.93. The van der Waals surface area contributed by atoms with Crippen LogP contribution in [0.3, 0.4) is 0 Å². The Balaban J connectivity index is 1.75. The van der Waals surface area contributed by atoms with Gasteiger partial charge in [0.1, 0.15) is 6.20 Å². The summed E-state index contributed by atoms with van der Waals surface area (Å²) in [4.78, 5) is 0. The highest BCUT2D eigenvalue weighted by Crippen LogP contribution is 2.42. The minimum atomic E-state index is 0.402. The van der Waals surface area contributed by atoms with E-state index in [0.717, 1.165) is 0 Å². The Morgan fingerprint density at radius 1 is 0.840 bits per heavy atom. The second-order valence-electron chi connectivity index (χ2n) is 7.14. The van der Waals surface area contributed by atoms with Gasteiger partial charge < -0.3 is 0 Å². The van der Waals surface area contributed by atoms with Gasteiger partial charge in [0, 0.05) is 0 Å². The lowest BCUT2D eigenvalue weighted by Gasteiger charge is -2.28. The van der Waals surface area contributed by atoms with Gasteiger partial charge in [-0.2, -0.15) is 0 Å². The van der Waals surface area contributed by atoms with Gasteiger partial charge in [-0.05, 0) is 37.8 Å². The molecule has 0 unspecified atom stereocenters. The molecular formula is C22H26N3+. The number of benzene rings is 2. The second kappa shape index (κ2) is 6.75. The molecule has 1 fully saturated rings. The smallest absolute Gasteiger partial charge is 0.233 e. The van der Waals surface area contributed by atoms with Crippen LogP contribution in [0.5, 0.6) is 0 Å². The largest absolute Gasteiger partial charge is 0.267 e. The van der Waals surface area contributed by atoms with Crippen LogP contribution >= 0.6 is 0 Å². The van der Waals surface area contributed by atoms with E-state index in [2.05, 4.69) is 107 Å². The lowest BCUT2D eigenvalue weighted by Crippen LogP contribution is -2.39. The van der Waals surface area contributed by atoms with E-state index in [4.69, 9.17) is 0 Å². The lowest BCUT2D eigenvalue weighted by atomic mass is 10.0. The number of hydrogen-bond donors (Lipinski definition) is 0. The first kappa shape index (κ1) is 15.9. The van der Waals surface area contributed by atoms with Gasteiger partial charge in [0.15, 0.2) is 6.20 Å². The van der Waals surface area contributed by atoms with Crippen LogP contribution in [0.25, 0.3) is 0 Å². The van der Waals surface area contributed by atoms with Gasteiger partial charge in [-0.15, -0.1) is 4.68 Å². The van der Waals surface area contributed by atoms with Crippen molar-refractivity contribution in [3.05, 3.63) is 90.5 Å². The molecule has 3 aromatic rings. The monoisotopic (exact) mass is 332 g/mol. The fraction of sp³-hybridized carbons (Fsp3) is 0.318. The standard InChI is InChI=1S/C22H26N3/c1-18(2)23-15-16-24(17-23)25-21(19-9-5-3-6-10-19)13-14-22(25)20-11-7-4-8-12-20/h3-12,15-18,21-22H,13-14H2,1-2H3/q+1/t21-,22-/m0/s1. The number of hydrogen-bond acceptors (Lipinski definition) is 1. The van der Waals surface area contributed by atoms with Crippen molar-refractivity contribution < 1.29 is 4.57 Å². The third-order valence-corrected chi connectivity index (χ3v) is 5.23. The zero-order chi connectivity index (χ0) is 17.2. The van der Waals surface area contributed by atoms with E-state index in [1.54, 1.807) is 0 Å². The molecule has 0 N–H and O–H groups in total. The zero-order valence-corrected chi connectivity index (χ0v) is 15.0. The molecule has 1 aliphatic rings. The zero-order valence-electron chi connectivity index (χ0n) is 15.0. The predicted molar refractivity (Wildman–Crippen MR) is 101 cm³/mol. The molecule has 0 amide bonds. The molecule has 0 saturated carbocycles. The van der Waals surface area contributed by atoms with Gasteiger partial charge in [-0.25, -0.2) is 9.58 Å². The normalized spacial score (nSPS) is 20.4. The molecule has 2 heterocycles. The van der Waals surface area contributed by atoms with Gasteiger partial charge in [0.2, 0.25) is 0 Å². The maximum Gasteiger partial charge on any atom is 0.267 e. The van der Waals surface area contributed by atoms with Crippen molar-refractivity contribution in [1.29, 1.82) is 0 Å². The average molecular weight is 332 g/mol. The Labute approximate surface area is 150 Å². The maximum absolute atomic E-state index is 2.55. The Kier molecular flexibility index (Phi) is 4.31. The van der Waals surface area contributed by atoms with Gasteiger partial charge in [-0.1, -0.05) is 60.7 Å². The van der Waals surface area contributed by atoms with Crippen LogP contribution in [0.1, 0.15) is 55.9 Å². The van der Waals surface area contributed by atoms with Crippen molar-refractivity contribution in [2.24, 2.45) is 0 Å². The van der Waals surface area contributed by atoms with E-state index in [1.807, 2.05) is 0 Å². The molecule has 3 nitrogen and oxygen atoms in total. The molecule has 1 aromatic heterocycles. The van der Waals surface area contributed by atoms with Crippen molar-refractivity contribution in [2.75, 3.05) is 5.01 Å². The van der Waals surface area contributed by atoms with Crippen LogP contribution in [-0.4, -0.2) is 4.68 Å². The molecule has 0 aliphatic carbocycles. The van der Waals surface area contributed by atoms with Crippen LogP contribution in [0, 0.1) is 0 Å². The highest BCUT2D eigenvalue weighted by molar-refractivity contribution is 5.31. The van der Waals surface area contributed by atoms with Crippen molar-refractivity contribution >= 4 is 0 Å². The second-order valence-corrected chi connectivity index (χ2v) is 7.14. The van der Waals surface area contributed by atoms with Crippen LogP contribution in [0.2, 0.25) is 0 Å². The molecule has 25 heavy (non-hydrogen) atoms. The Morgan fingerprint density at radius 2 is 1.36 bits per heavy atom. The molecule has 0 radical (unpaired) electrons. The molecule has 0 spiro atoms. The van der Waals surface area contributed by atoms with Crippen molar-refractivity contribution in [3.63, 3.8) is 0 Å². The van der Waals surface area contributed by atoms with E-state index in [-0.39, 0.29) is 0 Å². The predicted octanol–water partition coefficient (Wildman–Crippen LogP) is 4.57. The third-order valence-electron chi connectivity index (χ3n) is 5.23. The van der Waals surface area contributed by atoms with Crippen LogP contribution in [-0.2, 0) is 0 Å². The summed E-state index contributed by atoms with van der Waals surface area (Å²) in [5.74, 6) is 0. The molecule has 0 bridgehead atoms. The summed E-state index contributed by atoms with van der Waals surface area (Å²) in [6, 6.07) is 23.1. The Morgan fingerprint density at radius 3 is 1.80 bits per heavy atom. The highest BCUT2D eigenvalue weighted by Gasteiger charge is 2.38. The molecule has 128 valence electrons. The van der Waals surface area contributed by atoms with Crippen molar-refractivity contribution in [3.8, 4) is 0 Å². The fourth-order valence-corrected chi connectivity index (χ4v) is 3.91. The number of aromatic nitrogens is 2. The first-order chi connectivity index (χ1) is 12.2. The van der Waals surface area contributed by atoms with Gasteiger partial charge in [0.05, 0.1) is 18.1 Å². The van der Waals surface area contributed by atoms with E-state index in [1.165, 1.54) is 24.0 Å². The minimum Gasteiger partial charge on any atom is -0.233 e. The lowest BCUT2D eigenvalue weighted by molar-refractivity contribution is -0.715.